The molecule has 0 saturated carbocycles. The molecule has 0 bridgehead atoms. The molecule has 82 valence electrons. The first kappa shape index (κ1) is 11.5. The lowest BCUT2D eigenvalue weighted by Crippen LogP contribution is -1.96. The van der Waals surface area contributed by atoms with Crippen LogP contribution in [-0.2, 0) is 0 Å². The number of nitro groups is 1. The Morgan fingerprint density at radius 3 is 2.75 bits per heavy atom. The number of halogens is 2. The van der Waals surface area contributed by atoms with Gasteiger partial charge in [-0.1, -0.05) is 0 Å². The van der Waals surface area contributed by atoms with Crippen molar-refractivity contribution in [1.29, 1.82) is 0 Å². The Kier molecular flexibility index (Phi) is 3.24. The van der Waals surface area contributed by atoms with Crippen LogP contribution in [0.25, 0.3) is 5.69 Å². The maximum Gasteiger partial charge on any atom is 0.270 e. The van der Waals surface area contributed by atoms with Crippen molar-refractivity contribution in [3.8, 4) is 5.69 Å². The summed E-state index contributed by atoms with van der Waals surface area (Å²) in [6, 6.07) is 4.57. The first-order valence-corrected chi connectivity index (χ1v) is 6.09. The van der Waals surface area contributed by atoms with E-state index >= 15 is 0 Å². The van der Waals surface area contributed by atoms with Gasteiger partial charge >= 0.3 is 0 Å². The van der Waals surface area contributed by atoms with E-state index in [2.05, 4.69) is 43.6 Å². The summed E-state index contributed by atoms with van der Waals surface area (Å²) in [7, 11) is 0. The van der Waals surface area contributed by atoms with Gasteiger partial charge in [0.25, 0.3) is 5.69 Å². The zero-order chi connectivity index (χ0) is 11.7. The van der Waals surface area contributed by atoms with Crippen LogP contribution in [0.4, 0.5) is 5.69 Å². The maximum atomic E-state index is 10.6. The van der Waals surface area contributed by atoms with Crippen molar-refractivity contribution in [1.82, 2.24) is 9.78 Å². The van der Waals surface area contributed by atoms with Gasteiger partial charge in [-0.05, 0) is 44.6 Å². The van der Waals surface area contributed by atoms with E-state index in [1.807, 2.05) is 6.20 Å². The van der Waals surface area contributed by atoms with Crippen LogP contribution >= 0.6 is 38.5 Å². The predicted octanol–water partition coefficient (Wildman–Crippen LogP) is 3.15. The number of non-ortho nitro benzene ring substituents is 1. The minimum Gasteiger partial charge on any atom is -0.258 e. The van der Waals surface area contributed by atoms with Crippen molar-refractivity contribution in [3.05, 3.63) is 48.8 Å². The largest absolute Gasteiger partial charge is 0.270 e. The molecule has 5 nitrogen and oxygen atoms in total. The third-order valence-electron chi connectivity index (χ3n) is 1.94. The van der Waals surface area contributed by atoms with E-state index in [1.165, 1.54) is 12.1 Å². The summed E-state index contributed by atoms with van der Waals surface area (Å²) in [5.41, 5.74) is 0.825. The Morgan fingerprint density at radius 1 is 1.50 bits per heavy atom. The Bertz CT molecular complexity index is 555. The van der Waals surface area contributed by atoms with Crippen LogP contribution in [0, 0.1) is 13.7 Å². The van der Waals surface area contributed by atoms with Gasteiger partial charge in [-0.2, -0.15) is 5.10 Å². The highest BCUT2D eigenvalue weighted by atomic mass is 127. The molecule has 0 aliphatic rings. The molecule has 1 aromatic carbocycles. The highest BCUT2D eigenvalue weighted by Crippen LogP contribution is 2.25. The van der Waals surface area contributed by atoms with E-state index < -0.39 is 4.92 Å². The van der Waals surface area contributed by atoms with Gasteiger partial charge in [0.05, 0.1) is 24.9 Å². The van der Waals surface area contributed by atoms with Crippen molar-refractivity contribution < 1.29 is 4.92 Å². The molecule has 0 amide bonds. The van der Waals surface area contributed by atoms with Crippen LogP contribution in [0.1, 0.15) is 0 Å². The Morgan fingerprint density at radius 2 is 2.25 bits per heavy atom. The molecule has 7 heteroatoms. The van der Waals surface area contributed by atoms with Crippen LogP contribution in [-0.4, -0.2) is 14.7 Å². The van der Waals surface area contributed by atoms with Crippen molar-refractivity contribution >= 4 is 44.2 Å². The lowest BCUT2D eigenvalue weighted by molar-refractivity contribution is -0.384. The van der Waals surface area contributed by atoms with E-state index in [9.17, 15) is 10.1 Å². The molecule has 1 aromatic heterocycles. The molecule has 16 heavy (non-hydrogen) atoms. The lowest BCUT2D eigenvalue weighted by atomic mass is 10.3. The molecule has 0 radical (unpaired) electrons. The van der Waals surface area contributed by atoms with Gasteiger partial charge in [-0.25, -0.2) is 4.68 Å². The average molecular weight is 394 g/mol. The Labute approximate surface area is 113 Å². The lowest BCUT2D eigenvalue weighted by Gasteiger charge is -2.03. The molecule has 1 heterocycles. The van der Waals surface area contributed by atoms with Crippen LogP contribution < -0.4 is 0 Å². The van der Waals surface area contributed by atoms with Crippen LogP contribution in [0.2, 0.25) is 0 Å². The van der Waals surface area contributed by atoms with Gasteiger partial charge in [-0.15, -0.1) is 0 Å². The molecule has 0 aliphatic carbocycles. The minimum absolute atomic E-state index is 0.0532. The third-order valence-corrected chi connectivity index (χ3v) is 3.13. The van der Waals surface area contributed by atoms with Crippen molar-refractivity contribution in [2.24, 2.45) is 0 Å². The monoisotopic (exact) mass is 393 g/mol. The smallest absolute Gasteiger partial charge is 0.258 e. The van der Waals surface area contributed by atoms with Gasteiger partial charge in [0, 0.05) is 18.3 Å². The molecular formula is C9H5BrIN3O2. The minimum atomic E-state index is -0.429. The van der Waals surface area contributed by atoms with Crippen LogP contribution in [0.5, 0.6) is 0 Å². The molecule has 0 saturated heterocycles. The fraction of sp³-hybridized carbons (Fsp3) is 0. The molecule has 2 rings (SSSR count). The summed E-state index contributed by atoms with van der Waals surface area (Å²) in [4.78, 5) is 10.1. The van der Waals surface area contributed by atoms with E-state index in [1.54, 1.807) is 16.9 Å². The Hall–Kier alpha value is -0.960. The first-order valence-electron chi connectivity index (χ1n) is 4.22. The zero-order valence-electron chi connectivity index (χ0n) is 7.80. The van der Waals surface area contributed by atoms with Gasteiger partial charge in [-0.3, -0.25) is 10.1 Å². The highest BCUT2D eigenvalue weighted by Gasteiger charge is 2.10. The number of aromatic nitrogens is 2. The van der Waals surface area contributed by atoms with Crippen LogP contribution in [0.15, 0.2) is 35.1 Å². The van der Waals surface area contributed by atoms with Gasteiger partial charge in [0.2, 0.25) is 0 Å². The van der Waals surface area contributed by atoms with Gasteiger partial charge < -0.3 is 0 Å². The SMILES string of the molecule is O=[N+]([O-])c1ccc(-n2cc(I)cn2)c(Br)c1. The standard InChI is InChI=1S/C9H5BrIN3O2/c10-8-3-7(14(15)16)1-2-9(8)13-5-6(11)4-12-13/h1-5H. The number of rotatable bonds is 2. The third kappa shape index (κ3) is 2.24. The fourth-order valence-corrected chi connectivity index (χ4v) is 2.16. The molecule has 0 N–H and O–H groups in total. The number of hydrogen-bond acceptors (Lipinski definition) is 3. The number of nitro benzene ring substituents is 1. The molecule has 2 aromatic rings. The fourth-order valence-electron chi connectivity index (χ4n) is 1.23. The zero-order valence-corrected chi connectivity index (χ0v) is 11.5. The average Bonchev–Trinajstić information content (AvgIpc) is 2.64. The molecule has 0 spiro atoms. The number of nitrogens with zero attached hydrogens (tertiary/aromatic N) is 3. The Balaban J connectivity index is 2.47. The topological polar surface area (TPSA) is 61.0 Å². The van der Waals surface area contributed by atoms with Crippen LogP contribution in [0.3, 0.4) is 0 Å². The first-order chi connectivity index (χ1) is 7.58. The second-order valence-corrected chi connectivity index (χ2v) is 5.10. The summed E-state index contributed by atoms with van der Waals surface area (Å²) in [5, 5.41) is 14.7. The number of hydrogen-bond donors (Lipinski definition) is 0. The normalized spacial score (nSPS) is 10.4. The van der Waals surface area contributed by atoms with Gasteiger partial charge in [0.1, 0.15) is 0 Å². The number of benzene rings is 1. The second-order valence-electron chi connectivity index (χ2n) is 3.00. The summed E-state index contributed by atoms with van der Waals surface area (Å²) in [6.45, 7) is 0. The second kappa shape index (κ2) is 4.50. The van der Waals surface area contributed by atoms with E-state index in [0.29, 0.717) is 4.47 Å². The molecule has 0 aliphatic heterocycles. The van der Waals surface area contributed by atoms with E-state index in [0.717, 1.165) is 9.26 Å². The molecule has 0 fully saturated rings. The maximum absolute atomic E-state index is 10.6. The highest BCUT2D eigenvalue weighted by molar-refractivity contribution is 14.1. The van der Waals surface area contributed by atoms with E-state index in [-0.39, 0.29) is 5.69 Å². The summed E-state index contributed by atoms with van der Waals surface area (Å²) < 4.78 is 3.30. The van der Waals surface area contributed by atoms with E-state index in [4.69, 9.17) is 0 Å². The predicted molar refractivity (Wildman–Crippen MR) is 70.6 cm³/mol. The molecular weight excluding hydrogens is 389 g/mol. The summed E-state index contributed by atoms with van der Waals surface area (Å²) in [5.74, 6) is 0. The summed E-state index contributed by atoms with van der Waals surface area (Å²) in [6.07, 6.45) is 3.56. The van der Waals surface area contributed by atoms with Gasteiger partial charge in [0.15, 0.2) is 0 Å². The molecule has 0 atom stereocenters. The van der Waals surface area contributed by atoms with Crippen molar-refractivity contribution in [2.75, 3.05) is 0 Å². The molecule has 0 unspecified atom stereocenters. The summed E-state index contributed by atoms with van der Waals surface area (Å²) >= 11 is 5.44. The van der Waals surface area contributed by atoms with Crippen molar-refractivity contribution in [3.63, 3.8) is 0 Å². The quantitative estimate of drug-likeness (QED) is 0.447. The van der Waals surface area contributed by atoms with Crippen molar-refractivity contribution in [2.45, 2.75) is 0 Å².